The Labute approximate surface area is 265 Å². The van der Waals surface area contributed by atoms with E-state index in [1.807, 2.05) is 37.3 Å². The number of nitrogens with one attached hydrogen (secondary N) is 2. The SMILES string of the molecule is CC(Nc1cc(CNC(=O)[C@@H]2CC(F)(F)CN2S(=O)(=O)c2ccc(Cl)s2)cc(-c2ccc(C(F)(F)F)cc2)n1)c1ccccc1. The number of rotatable bonds is 9. The zero-order chi connectivity index (χ0) is 32.6. The third-order valence-electron chi connectivity index (χ3n) is 7.16. The number of thiophene rings is 1. The Hall–Kier alpha value is -3.59. The molecule has 1 aliphatic rings. The van der Waals surface area contributed by atoms with E-state index >= 15 is 0 Å². The Bertz CT molecular complexity index is 1790. The molecule has 1 amide bonds. The molecule has 4 aromatic rings. The molecule has 1 aliphatic heterocycles. The van der Waals surface area contributed by atoms with Crippen molar-refractivity contribution in [2.45, 2.75) is 48.3 Å². The van der Waals surface area contributed by atoms with Crippen molar-refractivity contribution < 1.29 is 35.2 Å². The predicted molar refractivity (Wildman–Crippen MR) is 162 cm³/mol. The van der Waals surface area contributed by atoms with Crippen LogP contribution in [0.25, 0.3) is 11.3 Å². The number of benzene rings is 2. The maximum atomic E-state index is 14.5. The summed E-state index contributed by atoms with van der Waals surface area (Å²) < 4.78 is 95.1. The molecule has 0 saturated carbocycles. The van der Waals surface area contributed by atoms with Crippen molar-refractivity contribution in [3.8, 4) is 11.3 Å². The molecular weight excluding hydrogens is 659 g/mol. The number of anilines is 1. The van der Waals surface area contributed by atoms with Crippen molar-refractivity contribution in [1.29, 1.82) is 0 Å². The van der Waals surface area contributed by atoms with Gasteiger partial charge >= 0.3 is 6.18 Å². The zero-order valence-electron chi connectivity index (χ0n) is 23.5. The summed E-state index contributed by atoms with van der Waals surface area (Å²) in [6.45, 7) is 0.519. The summed E-state index contributed by atoms with van der Waals surface area (Å²) in [5, 5.41) is 5.80. The molecule has 1 unspecified atom stereocenters. The van der Waals surface area contributed by atoms with Gasteiger partial charge < -0.3 is 10.6 Å². The van der Waals surface area contributed by atoms with Crippen LogP contribution in [0.2, 0.25) is 4.34 Å². The molecule has 2 atom stereocenters. The number of hydrogen-bond acceptors (Lipinski definition) is 6. The number of hydrogen-bond donors (Lipinski definition) is 2. The molecule has 2 N–H and O–H groups in total. The maximum absolute atomic E-state index is 14.5. The van der Waals surface area contributed by atoms with Crippen LogP contribution in [-0.2, 0) is 27.5 Å². The number of sulfonamides is 1. The number of halogens is 6. The van der Waals surface area contributed by atoms with Gasteiger partial charge in [-0.2, -0.15) is 17.5 Å². The van der Waals surface area contributed by atoms with Crippen LogP contribution in [-0.4, -0.2) is 42.1 Å². The van der Waals surface area contributed by atoms with Crippen LogP contribution in [0.4, 0.5) is 27.8 Å². The lowest BCUT2D eigenvalue weighted by atomic mass is 10.1. The quantitative estimate of drug-likeness (QED) is 0.180. The first kappa shape index (κ1) is 32.8. The third-order valence-corrected chi connectivity index (χ3v) is 10.7. The molecule has 0 radical (unpaired) electrons. The van der Waals surface area contributed by atoms with Gasteiger partial charge in [-0.05, 0) is 54.4 Å². The molecule has 3 heterocycles. The van der Waals surface area contributed by atoms with Crippen LogP contribution in [0.3, 0.4) is 0 Å². The van der Waals surface area contributed by atoms with Gasteiger partial charge in [0.25, 0.3) is 15.9 Å². The monoisotopic (exact) mass is 684 g/mol. The van der Waals surface area contributed by atoms with E-state index in [1.165, 1.54) is 24.3 Å². The molecule has 238 valence electrons. The van der Waals surface area contributed by atoms with Gasteiger partial charge in [-0.1, -0.05) is 54.1 Å². The zero-order valence-corrected chi connectivity index (χ0v) is 25.9. The smallest absolute Gasteiger partial charge is 0.364 e. The van der Waals surface area contributed by atoms with E-state index in [-0.39, 0.29) is 21.1 Å². The highest BCUT2D eigenvalue weighted by molar-refractivity contribution is 7.91. The molecule has 0 spiro atoms. The largest absolute Gasteiger partial charge is 0.416 e. The first-order valence-corrected chi connectivity index (χ1v) is 16.2. The summed E-state index contributed by atoms with van der Waals surface area (Å²) in [6.07, 6.45) is -5.53. The standard InChI is InChI=1S/C30H26ClF5N4O3S2/c1-18(20-5-3-2-4-6-20)38-26-14-19(13-23(39-26)21-7-9-22(10-8-21)30(34,35)36)16-37-28(41)24-15-29(32,33)17-40(24)45(42,43)27-12-11-25(31)44-27/h2-14,18,24H,15-17H2,1H3,(H,37,41)(H,38,39)/t18?,24-/m0/s1. The highest BCUT2D eigenvalue weighted by Crippen LogP contribution is 2.38. The second-order valence-corrected chi connectivity index (χ2v) is 14.3. The Morgan fingerprint density at radius 3 is 2.40 bits per heavy atom. The van der Waals surface area contributed by atoms with Gasteiger partial charge in [0.2, 0.25) is 5.91 Å². The van der Waals surface area contributed by atoms with Crippen molar-refractivity contribution in [1.82, 2.24) is 14.6 Å². The third kappa shape index (κ3) is 7.63. The normalized spacial score (nSPS) is 17.6. The lowest BCUT2D eigenvalue weighted by Gasteiger charge is -2.22. The van der Waals surface area contributed by atoms with Crippen molar-refractivity contribution in [2.24, 2.45) is 0 Å². The lowest BCUT2D eigenvalue weighted by molar-refractivity contribution is -0.137. The minimum Gasteiger partial charge on any atom is -0.364 e. The molecule has 2 aromatic heterocycles. The van der Waals surface area contributed by atoms with E-state index in [1.54, 1.807) is 12.1 Å². The van der Waals surface area contributed by atoms with Gasteiger partial charge in [-0.3, -0.25) is 4.79 Å². The molecule has 2 aromatic carbocycles. The molecule has 1 saturated heterocycles. The average Bonchev–Trinajstić information content (AvgIpc) is 3.59. The number of amides is 1. The molecule has 0 aliphatic carbocycles. The molecule has 5 rings (SSSR count). The highest BCUT2D eigenvalue weighted by atomic mass is 35.5. The van der Waals surface area contributed by atoms with Crippen LogP contribution >= 0.6 is 22.9 Å². The van der Waals surface area contributed by atoms with Gasteiger partial charge in [0.15, 0.2) is 0 Å². The molecule has 0 bridgehead atoms. The van der Waals surface area contributed by atoms with Gasteiger partial charge in [0, 0.05) is 24.6 Å². The first-order chi connectivity index (χ1) is 21.1. The molecular formula is C30H26ClF5N4O3S2. The van der Waals surface area contributed by atoms with Crippen molar-refractivity contribution in [3.63, 3.8) is 0 Å². The summed E-state index contributed by atoms with van der Waals surface area (Å²) in [6, 6.07) is 17.6. The fraction of sp³-hybridized carbons (Fsp3) is 0.267. The Morgan fingerprint density at radius 1 is 1.09 bits per heavy atom. The average molecular weight is 685 g/mol. The number of pyridine rings is 1. The van der Waals surface area contributed by atoms with E-state index in [4.69, 9.17) is 11.6 Å². The number of carbonyl (C=O) groups excluding carboxylic acids is 1. The summed E-state index contributed by atoms with van der Waals surface area (Å²) in [4.78, 5) is 17.8. The van der Waals surface area contributed by atoms with Gasteiger partial charge in [0.1, 0.15) is 16.1 Å². The van der Waals surface area contributed by atoms with Gasteiger partial charge in [-0.15, -0.1) is 11.3 Å². The van der Waals surface area contributed by atoms with E-state index in [0.29, 0.717) is 38.3 Å². The fourth-order valence-electron chi connectivity index (χ4n) is 4.91. The van der Waals surface area contributed by atoms with Crippen molar-refractivity contribution >= 4 is 44.7 Å². The highest BCUT2D eigenvalue weighted by Gasteiger charge is 2.53. The maximum Gasteiger partial charge on any atom is 0.416 e. The summed E-state index contributed by atoms with van der Waals surface area (Å²) >= 11 is 6.55. The van der Waals surface area contributed by atoms with Crippen molar-refractivity contribution in [2.75, 3.05) is 11.9 Å². The fourth-order valence-corrected chi connectivity index (χ4v) is 8.14. The number of alkyl halides is 5. The van der Waals surface area contributed by atoms with E-state index in [2.05, 4.69) is 15.6 Å². The molecule has 15 heteroatoms. The van der Waals surface area contributed by atoms with Crippen LogP contribution in [0, 0.1) is 0 Å². The summed E-state index contributed by atoms with van der Waals surface area (Å²) in [5.41, 5.74) is 1.21. The minimum absolute atomic E-state index is 0.146. The number of carbonyl (C=O) groups is 1. The topological polar surface area (TPSA) is 91.4 Å². The van der Waals surface area contributed by atoms with Gasteiger partial charge in [-0.25, -0.2) is 22.2 Å². The molecule has 45 heavy (non-hydrogen) atoms. The van der Waals surface area contributed by atoms with Crippen molar-refractivity contribution in [3.05, 3.63) is 99.9 Å². The lowest BCUT2D eigenvalue weighted by Crippen LogP contribution is -2.45. The Morgan fingerprint density at radius 2 is 1.78 bits per heavy atom. The van der Waals surface area contributed by atoms with Crippen LogP contribution in [0.1, 0.15) is 36.1 Å². The second-order valence-electron chi connectivity index (χ2n) is 10.5. The van der Waals surface area contributed by atoms with Gasteiger partial charge in [0.05, 0.1) is 22.1 Å². The van der Waals surface area contributed by atoms with E-state index < -0.39 is 52.6 Å². The number of aromatic nitrogens is 1. The number of nitrogens with zero attached hydrogens (tertiary/aromatic N) is 2. The van der Waals surface area contributed by atoms with Crippen LogP contribution in [0.15, 0.2) is 83.1 Å². The Kier molecular flexibility index (Phi) is 9.23. The van der Waals surface area contributed by atoms with E-state index in [9.17, 15) is 35.2 Å². The first-order valence-electron chi connectivity index (χ1n) is 13.6. The Balaban J connectivity index is 1.41. The van der Waals surface area contributed by atoms with E-state index in [0.717, 1.165) is 17.7 Å². The second kappa shape index (κ2) is 12.7. The molecule has 1 fully saturated rings. The van der Waals surface area contributed by atoms with Crippen LogP contribution in [0.5, 0.6) is 0 Å². The molecule has 7 nitrogen and oxygen atoms in total. The van der Waals surface area contributed by atoms with Crippen LogP contribution < -0.4 is 10.6 Å². The predicted octanol–water partition coefficient (Wildman–Crippen LogP) is 7.37. The minimum atomic E-state index is -4.52. The summed E-state index contributed by atoms with van der Waals surface area (Å²) in [7, 11) is -4.44. The summed E-state index contributed by atoms with van der Waals surface area (Å²) in [5.74, 6) is -4.02.